The summed E-state index contributed by atoms with van der Waals surface area (Å²) < 4.78 is 1.07. The summed E-state index contributed by atoms with van der Waals surface area (Å²) in [6.45, 7) is 7.24. The summed E-state index contributed by atoms with van der Waals surface area (Å²) in [4.78, 5) is 0. The van der Waals surface area contributed by atoms with Gasteiger partial charge in [-0.15, -0.1) is 0 Å². The molecule has 0 aliphatic carbocycles. The standard InChI is InChI=1S/C6H12N/c1-4-7(3)5-6(7)2/h4,6H,1,5H2,2-3H3/q+1/t6-,7?/m1/s1. The molecule has 0 aromatic carbocycles. The van der Waals surface area contributed by atoms with E-state index in [0.717, 1.165) is 10.5 Å². The van der Waals surface area contributed by atoms with E-state index < -0.39 is 0 Å². The molecule has 0 aromatic heterocycles. The highest BCUT2D eigenvalue weighted by Crippen LogP contribution is 2.26. The van der Waals surface area contributed by atoms with Gasteiger partial charge in [-0.25, -0.2) is 0 Å². The molecular formula is C6H12N+. The van der Waals surface area contributed by atoms with Crippen molar-refractivity contribution < 1.29 is 4.48 Å². The summed E-state index contributed by atoms with van der Waals surface area (Å²) in [7, 11) is 2.19. The van der Waals surface area contributed by atoms with Crippen molar-refractivity contribution in [3.8, 4) is 0 Å². The van der Waals surface area contributed by atoms with Gasteiger partial charge in [0.1, 0.15) is 12.6 Å². The first kappa shape index (κ1) is 4.85. The van der Waals surface area contributed by atoms with Gasteiger partial charge in [0.2, 0.25) is 0 Å². The Bertz CT molecular complexity index is 98.4. The Balaban J connectivity index is 2.51. The highest BCUT2D eigenvalue weighted by atomic mass is 15.5. The number of nitrogens with zero attached hydrogens (tertiary/aromatic N) is 1. The molecule has 1 heteroatoms. The monoisotopic (exact) mass is 98.1 g/mol. The SMILES string of the molecule is C=C[N+]1(C)C[C@H]1C. The zero-order chi connectivity index (χ0) is 5.49. The van der Waals surface area contributed by atoms with Gasteiger partial charge in [-0.1, -0.05) is 0 Å². The lowest BCUT2D eigenvalue weighted by molar-refractivity contribution is -0.732. The van der Waals surface area contributed by atoms with Crippen LogP contribution < -0.4 is 0 Å². The van der Waals surface area contributed by atoms with Crippen molar-refractivity contribution in [2.45, 2.75) is 13.0 Å². The summed E-state index contributed by atoms with van der Waals surface area (Å²) in [6.07, 6.45) is 2.00. The van der Waals surface area contributed by atoms with Crippen molar-refractivity contribution in [3.63, 3.8) is 0 Å². The van der Waals surface area contributed by atoms with Crippen LogP contribution in [0.15, 0.2) is 12.8 Å². The van der Waals surface area contributed by atoms with Gasteiger partial charge in [0.15, 0.2) is 0 Å². The summed E-state index contributed by atoms with van der Waals surface area (Å²) in [5.41, 5.74) is 0. The van der Waals surface area contributed by atoms with Crippen LogP contribution in [0.25, 0.3) is 0 Å². The molecule has 0 radical (unpaired) electrons. The minimum absolute atomic E-state index is 0.831. The Morgan fingerprint density at radius 3 is 2.29 bits per heavy atom. The Morgan fingerprint density at radius 1 is 1.86 bits per heavy atom. The molecule has 1 aliphatic rings. The van der Waals surface area contributed by atoms with Gasteiger partial charge in [0.25, 0.3) is 0 Å². The van der Waals surface area contributed by atoms with Crippen LogP contribution in [0.5, 0.6) is 0 Å². The fourth-order valence-electron chi connectivity index (χ4n) is 0.777. The summed E-state index contributed by atoms with van der Waals surface area (Å²) in [5, 5.41) is 0. The highest BCUT2D eigenvalue weighted by molar-refractivity contribution is 4.73. The molecule has 0 N–H and O–H groups in total. The van der Waals surface area contributed by atoms with Crippen molar-refractivity contribution in [1.29, 1.82) is 0 Å². The van der Waals surface area contributed by atoms with E-state index in [1.54, 1.807) is 0 Å². The van der Waals surface area contributed by atoms with Gasteiger partial charge in [0.05, 0.1) is 13.2 Å². The van der Waals surface area contributed by atoms with Crippen LogP contribution in [-0.4, -0.2) is 24.1 Å². The minimum Gasteiger partial charge on any atom is -0.288 e. The quantitative estimate of drug-likeness (QED) is 0.339. The van der Waals surface area contributed by atoms with Crippen molar-refractivity contribution in [1.82, 2.24) is 0 Å². The molecule has 0 bridgehead atoms. The molecule has 7 heavy (non-hydrogen) atoms. The van der Waals surface area contributed by atoms with Crippen LogP contribution in [-0.2, 0) is 0 Å². The first-order valence-electron chi connectivity index (χ1n) is 2.67. The van der Waals surface area contributed by atoms with Crippen LogP contribution in [0, 0.1) is 0 Å². The van der Waals surface area contributed by atoms with Crippen molar-refractivity contribution in [2.75, 3.05) is 13.6 Å². The molecule has 1 unspecified atom stereocenters. The van der Waals surface area contributed by atoms with E-state index in [2.05, 4.69) is 20.6 Å². The molecular weight excluding hydrogens is 86.1 g/mol. The number of rotatable bonds is 1. The number of hydrogen-bond acceptors (Lipinski definition) is 0. The molecule has 40 valence electrons. The first-order valence-corrected chi connectivity index (χ1v) is 2.67. The maximum absolute atomic E-state index is 3.72. The van der Waals surface area contributed by atoms with Crippen molar-refractivity contribution in [2.24, 2.45) is 0 Å². The second-order valence-electron chi connectivity index (χ2n) is 2.56. The Morgan fingerprint density at radius 2 is 2.29 bits per heavy atom. The Labute approximate surface area is 44.8 Å². The Hall–Kier alpha value is -0.300. The van der Waals surface area contributed by atoms with Crippen LogP contribution >= 0.6 is 0 Å². The number of hydrogen-bond donors (Lipinski definition) is 0. The lowest BCUT2D eigenvalue weighted by Crippen LogP contribution is -2.11. The van der Waals surface area contributed by atoms with E-state index in [0.29, 0.717) is 0 Å². The molecule has 0 spiro atoms. The highest BCUT2D eigenvalue weighted by Gasteiger charge is 2.44. The number of quaternary nitrogens is 1. The third kappa shape index (κ3) is 0.570. The second kappa shape index (κ2) is 1.10. The van der Waals surface area contributed by atoms with Crippen LogP contribution in [0.3, 0.4) is 0 Å². The van der Waals surface area contributed by atoms with Crippen molar-refractivity contribution >= 4 is 0 Å². The lowest BCUT2D eigenvalue weighted by Gasteiger charge is -2.01. The van der Waals surface area contributed by atoms with E-state index in [9.17, 15) is 0 Å². The minimum atomic E-state index is 0.831. The van der Waals surface area contributed by atoms with Gasteiger partial charge >= 0.3 is 0 Å². The van der Waals surface area contributed by atoms with Crippen LogP contribution in [0.1, 0.15) is 6.92 Å². The predicted octanol–water partition coefficient (Wildman–Crippen LogP) is 0.979. The molecule has 0 amide bonds. The average Bonchev–Trinajstić information content (AvgIpc) is 2.18. The van der Waals surface area contributed by atoms with Gasteiger partial charge in [-0.05, 0) is 13.5 Å². The molecule has 1 heterocycles. The summed E-state index contributed by atoms with van der Waals surface area (Å²) in [5.74, 6) is 0. The topological polar surface area (TPSA) is 0 Å². The molecule has 1 fully saturated rings. The zero-order valence-corrected chi connectivity index (χ0v) is 5.02. The molecule has 0 saturated carbocycles. The maximum Gasteiger partial charge on any atom is 0.140 e. The normalized spacial score (nSPS) is 48.6. The first-order chi connectivity index (χ1) is 3.19. The lowest BCUT2D eigenvalue weighted by atomic mass is 10.6. The molecule has 1 saturated heterocycles. The van der Waals surface area contributed by atoms with Crippen LogP contribution in [0.4, 0.5) is 0 Å². The fourth-order valence-corrected chi connectivity index (χ4v) is 0.777. The second-order valence-corrected chi connectivity index (χ2v) is 2.56. The zero-order valence-electron chi connectivity index (χ0n) is 5.02. The van der Waals surface area contributed by atoms with E-state index in [-0.39, 0.29) is 0 Å². The maximum atomic E-state index is 3.72. The predicted molar refractivity (Wildman–Crippen MR) is 30.7 cm³/mol. The largest absolute Gasteiger partial charge is 0.288 e. The van der Waals surface area contributed by atoms with Gasteiger partial charge in [-0.3, -0.25) is 4.48 Å². The molecule has 1 nitrogen and oxygen atoms in total. The molecule has 2 atom stereocenters. The number of likely N-dealkylation sites (N-methyl/N-ethyl adjacent to an activating group) is 1. The average molecular weight is 98.2 g/mol. The van der Waals surface area contributed by atoms with Gasteiger partial charge in [-0.2, -0.15) is 0 Å². The Kier molecular flexibility index (Phi) is 0.762. The third-order valence-electron chi connectivity index (χ3n) is 1.95. The third-order valence-corrected chi connectivity index (χ3v) is 1.95. The fraction of sp³-hybridized carbons (Fsp3) is 0.667. The van der Waals surface area contributed by atoms with Gasteiger partial charge in [0, 0.05) is 0 Å². The smallest absolute Gasteiger partial charge is 0.140 e. The molecule has 0 aromatic rings. The van der Waals surface area contributed by atoms with E-state index in [4.69, 9.17) is 0 Å². The van der Waals surface area contributed by atoms with Crippen LogP contribution in [0.2, 0.25) is 0 Å². The molecule has 1 aliphatic heterocycles. The van der Waals surface area contributed by atoms with Gasteiger partial charge < -0.3 is 0 Å². The summed E-state index contributed by atoms with van der Waals surface area (Å²) >= 11 is 0. The molecule has 1 rings (SSSR count). The van der Waals surface area contributed by atoms with E-state index in [1.165, 1.54) is 6.54 Å². The van der Waals surface area contributed by atoms with Crippen molar-refractivity contribution in [3.05, 3.63) is 12.8 Å². The van der Waals surface area contributed by atoms with E-state index >= 15 is 0 Å². The van der Waals surface area contributed by atoms with E-state index in [1.807, 2.05) is 6.20 Å². The summed E-state index contributed by atoms with van der Waals surface area (Å²) in [6, 6.07) is 0.831.